The van der Waals surface area contributed by atoms with Crippen LogP contribution in [0.25, 0.3) is 22.4 Å². The van der Waals surface area contributed by atoms with Gasteiger partial charge in [0.2, 0.25) is 5.91 Å². The number of methoxy groups -OCH3 is 1. The summed E-state index contributed by atoms with van der Waals surface area (Å²) in [5.74, 6) is 0.459. The predicted octanol–water partition coefficient (Wildman–Crippen LogP) is 4.26. The van der Waals surface area contributed by atoms with E-state index in [1.54, 1.807) is 18.5 Å². The van der Waals surface area contributed by atoms with Crippen molar-refractivity contribution in [2.24, 2.45) is 17.9 Å². The predicted molar refractivity (Wildman–Crippen MR) is 135 cm³/mol. The van der Waals surface area contributed by atoms with Crippen molar-refractivity contribution in [2.45, 2.75) is 46.1 Å². The number of anilines is 1. The van der Waals surface area contributed by atoms with Crippen molar-refractivity contribution in [1.82, 2.24) is 19.4 Å². The van der Waals surface area contributed by atoms with E-state index >= 15 is 0 Å². The lowest BCUT2D eigenvalue weighted by molar-refractivity contribution is -0.119. The topological polar surface area (TPSA) is 89.3 Å². The Labute approximate surface area is 205 Å². The van der Waals surface area contributed by atoms with Gasteiger partial charge in [-0.1, -0.05) is 20.8 Å². The van der Waals surface area contributed by atoms with Crippen LogP contribution >= 0.6 is 0 Å². The lowest BCUT2D eigenvalue weighted by Gasteiger charge is -2.39. The molecule has 2 bridgehead atoms. The fourth-order valence-corrected chi connectivity index (χ4v) is 6.53. The Kier molecular flexibility index (Phi) is 5.67. The number of benzene rings is 1. The molecule has 2 aromatic heterocycles. The molecule has 8 heteroatoms. The van der Waals surface area contributed by atoms with E-state index < -0.39 is 0 Å². The molecule has 0 spiro atoms. The van der Waals surface area contributed by atoms with Gasteiger partial charge in [-0.2, -0.15) is 0 Å². The number of likely N-dealkylation sites (tertiary alicyclic amines) is 1. The van der Waals surface area contributed by atoms with Gasteiger partial charge in [-0.3, -0.25) is 14.6 Å². The van der Waals surface area contributed by atoms with E-state index in [0.29, 0.717) is 16.8 Å². The molecule has 1 N–H and O–H groups in total. The Bertz CT molecular complexity index is 1300. The molecule has 2 aliphatic rings. The molecule has 2 atom stereocenters. The molecule has 2 fully saturated rings. The molecule has 184 valence electrons. The molecule has 35 heavy (non-hydrogen) atoms. The van der Waals surface area contributed by atoms with Crippen LogP contribution in [0.3, 0.4) is 0 Å². The van der Waals surface area contributed by atoms with Crippen molar-refractivity contribution in [1.29, 1.82) is 0 Å². The maximum absolute atomic E-state index is 14.2. The molecule has 3 aromatic rings. The Hall–Kier alpha value is -3.26. The summed E-state index contributed by atoms with van der Waals surface area (Å²) in [5, 5.41) is 2.86. The van der Waals surface area contributed by atoms with E-state index in [0.717, 1.165) is 42.7 Å². The van der Waals surface area contributed by atoms with E-state index in [-0.39, 0.29) is 35.3 Å². The highest BCUT2D eigenvalue weighted by atomic mass is 16.5. The fourth-order valence-electron chi connectivity index (χ4n) is 6.53. The van der Waals surface area contributed by atoms with Gasteiger partial charge in [-0.15, -0.1) is 0 Å². The van der Waals surface area contributed by atoms with Crippen LogP contribution in [-0.4, -0.2) is 57.6 Å². The van der Waals surface area contributed by atoms with Gasteiger partial charge in [0, 0.05) is 50.4 Å². The van der Waals surface area contributed by atoms with Crippen LogP contribution in [-0.2, 0) is 16.6 Å². The minimum absolute atomic E-state index is 0.00598. The number of aryl methyl sites for hydroxylation is 1. The van der Waals surface area contributed by atoms with Crippen LogP contribution < -0.4 is 5.32 Å². The smallest absolute Gasteiger partial charge is 0.256 e. The molecule has 0 radical (unpaired) electrons. The number of nitrogens with zero attached hydrogens (tertiary/aromatic N) is 4. The van der Waals surface area contributed by atoms with Crippen LogP contribution in [0.15, 0.2) is 36.7 Å². The fraction of sp³-hybridized carbons (Fsp3) is 0.481. The lowest BCUT2D eigenvalue weighted by Crippen LogP contribution is -2.38. The van der Waals surface area contributed by atoms with E-state index in [4.69, 9.17) is 9.72 Å². The Morgan fingerprint density at radius 3 is 2.63 bits per heavy atom. The minimum Gasteiger partial charge on any atom is -0.375 e. The third kappa shape index (κ3) is 4.31. The number of aromatic nitrogens is 3. The number of hydrogen-bond acceptors (Lipinski definition) is 5. The Morgan fingerprint density at radius 1 is 1.17 bits per heavy atom. The van der Waals surface area contributed by atoms with Crippen molar-refractivity contribution in [3.63, 3.8) is 0 Å². The summed E-state index contributed by atoms with van der Waals surface area (Å²) in [6.45, 7) is 7.59. The number of amides is 2. The first kappa shape index (κ1) is 23.5. The first-order valence-electron chi connectivity index (χ1n) is 12.1. The molecule has 1 aliphatic heterocycles. The van der Waals surface area contributed by atoms with Gasteiger partial charge in [-0.25, -0.2) is 4.98 Å². The van der Waals surface area contributed by atoms with Crippen LogP contribution in [0, 0.1) is 10.8 Å². The van der Waals surface area contributed by atoms with E-state index in [1.807, 2.05) is 29.8 Å². The number of fused-ring (bicyclic) bond motifs is 3. The lowest BCUT2D eigenvalue weighted by atomic mass is 9.65. The maximum Gasteiger partial charge on any atom is 0.256 e. The van der Waals surface area contributed by atoms with E-state index in [1.165, 1.54) is 7.11 Å². The average molecular weight is 476 g/mol. The van der Waals surface area contributed by atoms with Crippen molar-refractivity contribution in [2.75, 3.05) is 25.6 Å². The maximum atomic E-state index is 14.2. The number of hydrogen-bond donors (Lipinski definition) is 1. The van der Waals surface area contributed by atoms with Crippen LogP contribution in [0.5, 0.6) is 0 Å². The van der Waals surface area contributed by atoms with Gasteiger partial charge in [-0.05, 0) is 54.4 Å². The number of rotatable bonds is 5. The summed E-state index contributed by atoms with van der Waals surface area (Å²) >= 11 is 0. The molecular formula is C27H33N5O3. The van der Waals surface area contributed by atoms with Gasteiger partial charge in [0.25, 0.3) is 5.91 Å². The molecule has 2 amide bonds. The molecule has 1 aromatic carbocycles. The van der Waals surface area contributed by atoms with Gasteiger partial charge in [0.05, 0.1) is 16.6 Å². The number of pyridine rings is 1. The van der Waals surface area contributed by atoms with Crippen LogP contribution in [0.4, 0.5) is 5.69 Å². The summed E-state index contributed by atoms with van der Waals surface area (Å²) in [7, 11) is 3.41. The van der Waals surface area contributed by atoms with Crippen molar-refractivity contribution >= 4 is 28.5 Å². The van der Waals surface area contributed by atoms with Crippen molar-refractivity contribution in [3.05, 3.63) is 42.2 Å². The van der Waals surface area contributed by atoms with E-state index in [9.17, 15) is 9.59 Å². The third-order valence-corrected chi connectivity index (χ3v) is 7.37. The molecule has 5 rings (SSSR count). The third-order valence-electron chi connectivity index (χ3n) is 7.37. The van der Waals surface area contributed by atoms with Crippen LogP contribution in [0.2, 0.25) is 0 Å². The summed E-state index contributed by atoms with van der Waals surface area (Å²) in [5.41, 5.74) is 3.76. The summed E-state index contributed by atoms with van der Waals surface area (Å²) in [6, 6.07) is 7.61. The molecule has 1 aliphatic carbocycles. The number of carbonyl (C=O) groups is 2. The second-order valence-electron chi connectivity index (χ2n) is 11.2. The molecular weight excluding hydrogens is 442 g/mol. The molecule has 0 unspecified atom stereocenters. The SMILES string of the molecule is COCC(=O)Nc1cc(C(=O)N2C[C@]3(C)C[C@@H]2CC(C)(C)C3)c2c(c1)nc(-c1ccncc1)n2C. The first-order valence-corrected chi connectivity index (χ1v) is 12.1. The van der Waals surface area contributed by atoms with Gasteiger partial charge < -0.3 is 19.5 Å². The van der Waals surface area contributed by atoms with E-state index in [2.05, 4.69) is 36.0 Å². The highest BCUT2D eigenvalue weighted by molar-refractivity contribution is 6.08. The number of nitrogens with one attached hydrogen (secondary N) is 1. The molecule has 1 saturated carbocycles. The highest BCUT2D eigenvalue weighted by Gasteiger charge is 2.51. The number of imidazole rings is 1. The van der Waals surface area contributed by atoms with Crippen LogP contribution in [0.1, 0.15) is 50.4 Å². The van der Waals surface area contributed by atoms with Gasteiger partial charge >= 0.3 is 0 Å². The second-order valence-corrected chi connectivity index (χ2v) is 11.2. The monoisotopic (exact) mass is 475 g/mol. The molecule has 8 nitrogen and oxygen atoms in total. The molecule has 3 heterocycles. The van der Waals surface area contributed by atoms with Crippen molar-refractivity contribution < 1.29 is 14.3 Å². The zero-order valence-corrected chi connectivity index (χ0v) is 21.1. The van der Waals surface area contributed by atoms with Crippen molar-refractivity contribution in [3.8, 4) is 11.4 Å². The Morgan fingerprint density at radius 2 is 1.91 bits per heavy atom. The normalized spacial score (nSPS) is 23.0. The zero-order chi connectivity index (χ0) is 25.0. The average Bonchev–Trinajstić information content (AvgIpc) is 3.25. The zero-order valence-electron chi connectivity index (χ0n) is 21.1. The second kappa shape index (κ2) is 8.45. The first-order chi connectivity index (χ1) is 16.6. The summed E-state index contributed by atoms with van der Waals surface area (Å²) < 4.78 is 6.93. The van der Waals surface area contributed by atoms with Gasteiger partial charge in [0.1, 0.15) is 12.4 Å². The number of ether oxygens (including phenoxy) is 1. The summed E-state index contributed by atoms with van der Waals surface area (Å²) in [6.07, 6.45) is 6.59. The summed E-state index contributed by atoms with van der Waals surface area (Å²) in [4.78, 5) is 37.5. The quantitative estimate of drug-likeness (QED) is 0.596. The van der Waals surface area contributed by atoms with Gasteiger partial charge in [0.15, 0.2) is 0 Å². The minimum atomic E-state index is -0.276. The highest BCUT2D eigenvalue weighted by Crippen LogP contribution is 2.53. The molecule has 1 saturated heterocycles. The Balaban J connectivity index is 1.62. The largest absolute Gasteiger partial charge is 0.375 e. The number of carbonyl (C=O) groups excluding carboxylic acids is 2. The standard InChI is InChI=1S/C27H33N5O3/c1-26(2)12-19-13-27(3,15-26)16-32(19)25(34)20-10-18(29-22(33)14-35-5)11-21-23(20)31(4)24(30-21)17-6-8-28-9-7-17/h6-11,19H,12-16H2,1-5H3,(H,29,33)/t19-,27+/m0/s1.